The minimum absolute atomic E-state index is 0.491. The molecule has 1 N–H and O–H groups in total. The minimum Gasteiger partial charge on any atom is -0.313 e. The Labute approximate surface area is 86.3 Å². The molecule has 2 heterocycles. The van der Waals surface area contributed by atoms with Crippen molar-refractivity contribution < 1.29 is 0 Å². The number of tetrazole rings is 1. The van der Waals surface area contributed by atoms with Crippen LogP contribution < -0.4 is 5.32 Å². The molecule has 0 aliphatic heterocycles. The Morgan fingerprint density at radius 2 is 2.20 bits per heavy atom. The van der Waals surface area contributed by atoms with E-state index in [1.807, 2.05) is 7.05 Å². The summed E-state index contributed by atoms with van der Waals surface area (Å²) in [6.07, 6.45) is 1.66. The van der Waals surface area contributed by atoms with Gasteiger partial charge in [0.2, 0.25) is 0 Å². The molecule has 0 fully saturated rings. The largest absolute Gasteiger partial charge is 0.313 e. The first kappa shape index (κ1) is 9.71. The topological polar surface area (TPSA) is 86.3 Å². The average molecular weight is 208 g/mol. The molecular formula is C7H12N8. The third-order valence-corrected chi connectivity index (χ3v) is 1.77. The van der Waals surface area contributed by atoms with Crippen LogP contribution in [-0.4, -0.2) is 42.0 Å². The molecule has 80 valence electrons. The van der Waals surface area contributed by atoms with E-state index in [-0.39, 0.29) is 0 Å². The van der Waals surface area contributed by atoms with Crippen molar-refractivity contribution in [3.8, 4) is 0 Å². The molecule has 0 saturated heterocycles. The summed E-state index contributed by atoms with van der Waals surface area (Å²) in [6, 6.07) is 0. The second-order valence-electron chi connectivity index (χ2n) is 3.08. The minimum atomic E-state index is 0.491. The van der Waals surface area contributed by atoms with Crippen LogP contribution >= 0.6 is 0 Å². The highest BCUT2D eigenvalue weighted by Gasteiger charge is 2.04. The third-order valence-electron chi connectivity index (χ3n) is 1.77. The molecular weight excluding hydrogens is 196 g/mol. The van der Waals surface area contributed by atoms with E-state index < -0.39 is 0 Å². The fraction of sp³-hybridized carbons (Fsp3) is 0.571. The molecule has 0 saturated carbocycles. The molecule has 0 radical (unpaired) electrons. The quantitative estimate of drug-likeness (QED) is 0.663. The zero-order chi connectivity index (χ0) is 10.7. The van der Waals surface area contributed by atoms with Crippen molar-refractivity contribution >= 4 is 0 Å². The maximum Gasteiger partial charge on any atom is 0.196 e. The Kier molecular flexibility index (Phi) is 2.68. The molecule has 0 aromatic carbocycles. The van der Waals surface area contributed by atoms with Gasteiger partial charge >= 0.3 is 0 Å². The third kappa shape index (κ3) is 2.34. The Bertz CT molecular complexity index is 430. The molecule has 2 aromatic heterocycles. The maximum atomic E-state index is 4.23. The Balaban J connectivity index is 2.04. The second kappa shape index (κ2) is 4.13. The maximum absolute atomic E-state index is 4.23. The number of nitrogens with one attached hydrogen (secondary N) is 1. The molecule has 0 aliphatic carbocycles. The summed E-state index contributed by atoms with van der Waals surface area (Å²) in [5.41, 5.74) is 0. The summed E-state index contributed by atoms with van der Waals surface area (Å²) in [5, 5.41) is 18.9. The summed E-state index contributed by atoms with van der Waals surface area (Å²) in [6.45, 7) is 1.14. The van der Waals surface area contributed by atoms with Crippen LogP contribution in [0.25, 0.3) is 0 Å². The molecule has 0 amide bonds. The highest BCUT2D eigenvalue weighted by atomic mass is 15.6. The van der Waals surface area contributed by atoms with Crippen LogP contribution in [-0.2, 0) is 20.1 Å². The number of aryl methyl sites for hydroxylation is 1. The standard InChI is InChI=1S/C7H12N8/c1-8-3-6-9-5-15(12-6)4-7-10-13-14(2)11-7/h5,8H,3-4H2,1-2H3. The first-order valence-corrected chi connectivity index (χ1v) is 4.53. The second-order valence-corrected chi connectivity index (χ2v) is 3.08. The normalized spacial score (nSPS) is 10.8. The van der Waals surface area contributed by atoms with Crippen molar-refractivity contribution in [1.82, 2.24) is 40.3 Å². The Morgan fingerprint density at radius 3 is 2.87 bits per heavy atom. The van der Waals surface area contributed by atoms with Gasteiger partial charge in [0.15, 0.2) is 11.6 Å². The molecule has 0 unspecified atom stereocenters. The number of hydrogen-bond acceptors (Lipinski definition) is 6. The zero-order valence-electron chi connectivity index (χ0n) is 8.62. The smallest absolute Gasteiger partial charge is 0.196 e. The lowest BCUT2D eigenvalue weighted by molar-refractivity contribution is 0.612. The number of hydrogen-bond donors (Lipinski definition) is 1. The van der Waals surface area contributed by atoms with Crippen molar-refractivity contribution in [3.63, 3.8) is 0 Å². The van der Waals surface area contributed by atoms with E-state index in [0.29, 0.717) is 18.9 Å². The molecule has 0 atom stereocenters. The molecule has 8 nitrogen and oxygen atoms in total. The van der Waals surface area contributed by atoms with Gasteiger partial charge in [-0.05, 0) is 12.3 Å². The van der Waals surface area contributed by atoms with Crippen LogP contribution in [0.3, 0.4) is 0 Å². The van der Waals surface area contributed by atoms with Crippen LogP contribution in [0.15, 0.2) is 6.33 Å². The van der Waals surface area contributed by atoms with Gasteiger partial charge < -0.3 is 5.32 Å². The van der Waals surface area contributed by atoms with E-state index in [1.54, 1.807) is 18.1 Å². The van der Waals surface area contributed by atoms with Crippen LogP contribution in [0.4, 0.5) is 0 Å². The molecule has 8 heteroatoms. The fourth-order valence-electron chi connectivity index (χ4n) is 1.18. The van der Waals surface area contributed by atoms with Crippen molar-refractivity contribution in [1.29, 1.82) is 0 Å². The number of aromatic nitrogens is 7. The SMILES string of the molecule is CNCc1ncn(Cc2nnn(C)n2)n1. The number of rotatable bonds is 4. The van der Waals surface area contributed by atoms with Gasteiger partial charge in [-0.2, -0.15) is 9.90 Å². The highest BCUT2D eigenvalue weighted by molar-refractivity contribution is 4.84. The summed E-state index contributed by atoms with van der Waals surface area (Å²) in [7, 11) is 3.58. The van der Waals surface area contributed by atoms with Crippen LogP contribution in [0, 0.1) is 0 Å². The molecule has 0 bridgehead atoms. The monoisotopic (exact) mass is 208 g/mol. The molecule has 2 rings (SSSR count). The molecule has 15 heavy (non-hydrogen) atoms. The van der Waals surface area contributed by atoms with Crippen LogP contribution in [0.2, 0.25) is 0 Å². The van der Waals surface area contributed by atoms with Crippen molar-refractivity contribution in [3.05, 3.63) is 18.0 Å². The van der Waals surface area contributed by atoms with Gasteiger partial charge in [-0.1, -0.05) is 0 Å². The average Bonchev–Trinajstić information content (AvgIpc) is 2.78. The van der Waals surface area contributed by atoms with E-state index in [0.717, 1.165) is 5.82 Å². The van der Waals surface area contributed by atoms with E-state index in [9.17, 15) is 0 Å². The van der Waals surface area contributed by atoms with Crippen molar-refractivity contribution in [2.45, 2.75) is 13.1 Å². The van der Waals surface area contributed by atoms with Crippen LogP contribution in [0.5, 0.6) is 0 Å². The van der Waals surface area contributed by atoms with E-state index in [2.05, 4.69) is 30.8 Å². The summed E-state index contributed by atoms with van der Waals surface area (Å²) >= 11 is 0. The Morgan fingerprint density at radius 1 is 1.33 bits per heavy atom. The van der Waals surface area contributed by atoms with E-state index in [4.69, 9.17) is 0 Å². The van der Waals surface area contributed by atoms with Crippen LogP contribution in [0.1, 0.15) is 11.6 Å². The van der Waals surface area contributed by atoms with Gasteiger partial charge in [-0.15, -0.1) is 10.2 Å². The van der Waals surface area contributed by atoms with Crippen molar-refractivity contribution in [2.75, 3.05) is 7.05 Å². The summed E-state index contributed by atoms with van der Waals surface area (Å²) < 4.78 is 1.68. The molecule has 0 aliphatic rings. The van der Waals surface area contributed by atoms with Gasteiger partial charge in [-0.25, -0.2) is 9.67 Å². The first-order chi connectivity index (χ1) is 7.28. The van der Waals surface area contributed by atoms with Gasteiger partial charge in [0.05, 0.1) is 13.6 Å². The van der Waals surface area contributed by atoms with Gasteiger partial charge in [-0.3, -0.25) is 0 Å². The number of nitrogens with zero attached hydrogens (tertiary/aromatic N) is 7. The Hall–Kier alpha value is -1.83. The molecule has 2 aromatic rings. The van der Waals surface area contributed by atoms with Gasteiger partial charge in [0.25, 0.3) is 0 Å². The van der Waals surface area contributed by atoms with Gasteiger partial charge in [0.1, 0.15) is 12.9 Å². The predicted octanol–water partition coefficient (Wildman–Crippen LogP) is -1.43. The first-order valence-electron chi connectivity index (χ1n) is 4.53. The highest BCUT2D eigenvalue weighted by Crippen LogP contribution is 1.93. The van der Waals surface area contributed by atoms with Gasteiger partial charge in [0, 0.05) is 0 Å². The summed E-state index contributed by atoms with van der Waals surface area (Å²) in [5.74, 6) is 1.37. The van der Waals surface area contributed by atoms with E-state index in [1.165, 1.54) is 4.80 Å². The molecule has 0 spiro atoms. The van der Waals surface area contributed by atoms with E-state index >= 15 is 0 Å². The lowest BCUT2D eigenvalue weighted by Gasteiger charge is -1.93. The lowest BCUT2D eigenvalue weighted by atomic mass is 10.6. The fourth-order valence-corrected chi connectivity index (χ4v) is 1.18. The summed E-state index contributed by atoms with van der Waals surface area (Å²) in [4.78, 5) is 5.53. The van der Waals surface area contributed by atoms with Crippen molar-refractivity contribution in [2.24, 2.45) is 7.05 Å². The predicted molar refractivity (Wildman–Crippen MR) is 50.7 cm³/mol. The lowest BCUT2D eigenvalue weighted by Crippen LogP contribution is -2.08. The zero-order valence-corrected chi connectivity index (χ0v) is 8.62.